The average molecular weight is 563 g/mol. The van der Waals surface area contributed by atoms with Crippen LogP contribution in [0.2, 0.25) is 0 Å². The van der Waals surface area contributed by atoms with E-state index in [1.807, 2.05) is 0 Å². The van der Waals surface area contributed by atoms with Crippen LogP contribution >= 0.6 is 0 Å². The Balaban J connectivity index is 1.59. The average Bonchev–Trinajstić information content (AvgIpc) is 2.90. The number of fused-ring (bicyclic) bond motifs is 3. The largest absolute Gasteiger partial charge is 0.510 e. The molecule has 12 nitrogen and oxygen atoms in total. The van der Waals surface area contributed by atoms with Crippen LogP contribution in [-0.4, -0.2) is 75.1 Å². The summed E-state index contributed by atoms with van der Waals surface area (Å²) in [6.45, 7) is 1.70. The van der Waals surface area contributed by atoms with Crippen molar-refractivity contribution in [1.82, 2.24) is 4.90 Å². The molecule has 1 saturated carbocycles. The number of nitrogens with zero attached hydrogens (tertiary/aromatic N) is 1. The molecule has 2 aromatic carbocycles. The van der Waals surface area contributed by atoms with Crippen LogP contribution in [0.3, 0.4) is 0 Å². The Morgan fingerprint density at radius 2 is 1.61 bits per heavy atom. The minimum absolute atomic E-state index is 0.0538. The molecule has 3 aliphatic rings. The van der Waals surface area contributed by atoms with E-state index in [1.165, 1.54) is 11.0 Å². The Morgan fingerprint density at radius 3 is 2.22 bits per heavy atom. The van der Waals surface area contributed by atoms with Gasteiger partial charge in [0.15, 0.2) is 11.6 Å². The number of amides is 3. The number of anilines is 2. The fourth-order valence-electron chi connectivity index (χ4n) is 6.52. The van der Waals surface area contributed by atoms with Crippen molar-refractivity contribution in [3.05, 3.63) is 70.5 Å². The van der Waals surface area contributed by atoms with E-state index in [0.717, 1.165) is 0 Å². The van der Waals surface area contributed by atoms with Crippen LogP contribution in [0.15, 0.2) is 59.4 Å². The standard InChI is InChI=1S/C29H30N4O8/c1-11-13-9-10-14(32-29(41)31-12-7-5-4-6-8-12)22(34)16(13)24(36)18-15(11)23(35)17-19(25(18)37)26(38)20(28(30)40)27(39)21(17)33(2)3/h4-11,15,17,19,21,23,34-36,39H,1-3H3,(H2,30,40)(H2,31,32,41). The van der Waals surface area contributed by atoms with Crippen molar-refractivity contribution in [2.45, 2.75) is 25.0 Å². The molecule has 0 radical (unpaired) electrons. The fraction of sp³-hybridized carbons (Fsp3) is 0.310. The van der Waals surface area contributed by atoms with E-state index in [4.69, 9.17) is 5.73 Å². The van der Waals surface area contributed by atoms with Crippen molar-refractivity contribution in [2.75, 3.05) is 24.7 Å². The third-order valence-electron chi connectivity index (χ3n) is 8.27. The lowest BCUT2D eigenvalue weighted by molar-refractivity contribution is -0.143. The molecule has 0 aromatic heterocycles. The molecule has 41 heavy (non-hydrogen) atoms. The van der Waals surface area contributed by atoms with Crippen molar-refractivity contribution in [1.29, 1.82) is 0 Å². The summed E-state index contributed by atoms with van der Waals surface area (Å²) in [5.74, 6) is -9.30. The van der Waals surface area contributed by atoms with Gasteiger partial charge in [0.2, 0.25) is 0 Å². The predicted octanol–water partition coefficient (Wildman–Crippen LogP) is 2.02. The quantitative estimate of drug-likeness (QED) is 0.165. The van der Waals surface area contributed by atoms with Gasteiger partial charge in [-0.2, -0.15) is 0 Å². The van der Waals surface area contributed by atoms with E-state index in [0.29, 0.717) is 11.3 Å². The number of likely N-dealkylation sites (N-methyl/N-ethyl adjacent to an activating group) is 1. The molecule has 12 heteroatoms. The van der Waals surface area contributed by atoms with Crippen LogP contribution in [0.1, 0.15) is 24.0 Å². The fourth-order valence-corrected chi connectivity index (χ4v) is 6.52. The Bertz CT molecular complexity index is 1550. The Kier molecular flexibility index (Phi) is 6.84. The highest BCUT2D eigenvalue weighted by Crippen LogP contribution is 2.55. The maximum atomic E-state index is 13.9. The number of carbonyl (C=O) groups is 4. The van der Waals surface area contributed by atoms with Gasteiger partial charge in [-0.15, -0.1) is 0 Å². The summed E-state index contributed by atoms with van der Waals surface area (Å²) < 4.78 is 0. The number of aliphatic hydroxyl groups excluding tert-OH is 3. The summed E-state index contributed by atoms with van der Waals surface area (Å²) in [5.41, 5.74) is 5.09. The van der Waals surface area contributed by atoms with Gasteiger partial charge in [-0.25, -0.2) is 4.79 Å². The number of carbonyl (C=O) groups excluding carboxylic acids is 4. The maximum absolute atomic E-state index is 13.9. The molecular weight excluding hydrogens is 532 g/mol. The van der Waals surface area contributed by atoms with Crippen LogP contribution in [0.5, 0.6) is 5.75 Å². The number of phenolic OH excluding ortho intramolecular Hbond substituents is 1. The van der Waals surface area contributed by atoms with Crippen LogP contribution in [-0.2, 0) is 14.4 Å². The Hall–Kier alpha value is -4.68. The second-order valence-electron chi connectivity index (χ2n) is 10.8. The number of nitrogens with one attached hydrogen (secondary N) is 2. The van der Waals surface area contributed by atoms with Crippen molar-refractivity contribution in [3.63, 3.8) is 0 Å². The molecular formula is C29H30N4O8. The summed E-state index contributed by atoms with van der Waals surface area (Å²) in [6, 6.07) is 9.84. The van der Waals surface area contributed by atoms with Crippen molar-refractivity contribution >= 4 is 40.6 Å². The number of hydrogen-bond donors (Lipinski definition) is 7. The van der Waals surface area contributed by atoms with Gasteiger partial charge in [0, 0.05) is 23.1 Å². The molecule has 3 amide bonds. The molecule has 1 fully saturated rings. The number of para-hydroxylation sites is 1. The zero-order valence-electron chi connectivity index (χ0n) is 22.5. The van der Waals surface area contributed by atoms with E-state index in [2.05, 4.69) is 10.6 Å². The van der Waals surface area contributed by atoms with Crippen LogP contribution in [0.4, 0.5) is 16.2 Å². The minimum Gasteiger partial charge on any atom is -0.510 e. The summed E-state index contributed by atoms with van der Waals surface area (Å²) in [7, 11) is 3.12. The maximum Gasteiger partial charge on any atom is 0.323 e. The first-order valence-electron chi connectivity index (χ1n) is 12.9. The number of urea groups is 1. The smallest absolute Gasteiger partial charge is 0.323 e. The molecule has 2 aromatic rings. The topological polar surface area (TPSA) is 203 Å². The molecule has 8 N–H and O–H groups in total. The van der Waals surface area contributed by atoms with E-state index in [-0.39, 0.29) is 16.8 Å². The van der Waals surface area contributed by atoms with Gasteiger partial charge in [-0.3, -0.25) is 19.3 Å². The van der Waals surface area contributed by atoms with E-state index < -0.39 is 82.2 Å². The first-order valence-corrected chi connectivity index (χ1v) is 12.9. The lowest BCUT2D eigenvalue weighted by Crippen LogP contribution is -2.61. The summed E-state index contributed by atoms with van der Waals surface area (Å²) in [6.07, 6.45) is -1.41. The molecule has 6 atom stereocenters. The molecule has 0 spiro atoms. The molecule has 214 valence electrons. The van der Waals surface area contributed by atoms with Gasteiger partial charge in [0.05, 0.1) is 29.3 Å². The van der Waals surface area contributed by atoms with Gasteiger partial charge < -0.3 is 36.8 Å². The second kappa shape index (κ2) is 10.1. The molecule has 3 aliphatic carbocycles. The van der Waals surface area contributed by atoms with Crippen molar-refractivity contribution in [3.8, 4) is 5.75 Å². The van der Waals surface area contributed by atoms with Gasteiger partial charge in [0.1, 0.15) is 22.8 Å². The van der Waals surface area contributed by atoms with Gasteiger partial charge in [-0.1, -0.05) is 31.2 Å². The number of Topliss-reactive ketones (excluding diaryl/α,β-unsaturated/α-hetero) is 2. The van der Waals surface area contributed by atoms with Gasteiger partial charge in [-0.05, 0) is 43.8 Å². The number of aromatic hydroxyl groups is 1. The zero-order chi connectivity index (χ0) is 29.9. The highest BCUT2D eigenvalue weighted by Gasteiger charge is 2.60. The van der Waals surface area contributed by atoms with Gasteiger partial charge in [0.25, 0.3) is 5.91 Å². The highest BCUT2D eigenvalue weighted by molar-refractivity contribution is 6.28. The lowest BCUT2D eigenvalue weighted by Gasteiger charge is -2.50. The van der Waals surface area contributed by atoms with Crippen LogP contribution in [0, 0.1) is 17.8 Å². The third-order valence-corrected chi connectivity index (χ3v) is 8.27. The molecule has 0 bridgehead atoms. The molecule has 5 rings (SSSR count). The monoisotopic (exact) mass is 562 g/mol. The number of nitrogens with two attached hydrogens (primary N) is 1. The van der Waals surface area contributed by atoms with Crippen LogP contribution < -0.4 is 16.4 Å². The second-order valence-corrected chi connectivity index (χ2v) is 10.8. The number of aliphatic hydroxyl groups is 3. The van der Waals surface area contributed by atoms with Crippen LogP contribution in [0.25, 0.3) is 5.76 Å². The Morgan fingerprint density at radius 1 is 0.951 bits per heavy atom. The summed E-state index contributed by atoms with van der Waals surface area (Å²) in [4.78, 5) is 53.5. The zero-order valence-corrected chi connectivity index (χ0v) is 22.5. The molecule has 6 unspecified atom stereocenters. The number of benzene rings is 2. The van der Waals surface area contributed by atoms with Crippen molar-refractivity contribution in [2.24, 2.45) is 23.5 Å². The molecule has 0 saturated heterocycles. The number of hydrogen-bond acceptors (Lipinski definition) is 9. The minimum atomic E-state index is -1.61. The Labute approximate surface area is 234 Å². The normalized spacial score (nSPS) is 27.2. The number of ketones is 2. The molecule has 0 aliphatic heterocycles. The number of phenols is 1. The lowest BCUT2D eigenvalue weighted by atomic mass is 9.56. The number of rotatable bonds is 4. The first kappa shape index (κ1) is 27.9. The predicted molar refractivity (Wildman–Crippen MR) is 148 cm³/mol. The number of primary amides is 1. The van der Waals surface area contributed by atoms with E-state index in [1.54, 1.807) is 57.4 Å². The summed E-state index contributed by atoms with van der Waals surface area (Å²) in [5, 5.41) is 50.2. The van der Waals surface area contributed by atoms with Gasteiger partial charge >= 0.3 is 6.03 Å². The van der Waals surface area contributed by atoms with Crippen molar-refractivity contribution < 1.29 is 39.6 Å². The summed E-state index contributed by atoms with van der Waals surface area (Å²) >= 11 is 0. The van der Waals surface area contributed by atoms with E-state index in [9.17, 15) is 39.6 Å². The third kappa shape index (κ3) is 4.23. The molecule has 0 heterocycles. The highest BCUT2D eigenvalue weighted by atomic mass is 16.3. The van der Waals surface area contributed by atoms with E-state index >= 15 is 0 Å². The SMILES string of the molecule is CC1c2ccc(NC(=O)Nc3ccccc3)c(O)c2C(O)=C2C(=O)C3C(=O)C(C(N)=O)=C(O)C(N(C)C)C3C(O)C21. The first-order chi connectivity index (χ1) is 19.4.